The predicted molar refractivity (Wildman–Crippen MR) is 105 cm³/mol. The van der Waals surface area contributed by atoms with E-state index in [9.17, 15) is 0 Å². The molecule has 1 fully saturated rings. The Morgan fingerprint density at radius 3 is 2.84 bits per heavy atom. The molecule has 1 saturated heterocycles. The molecule has 0 saturated carbocycles. The van der Waals surface area contributed by atoms with E-state index in [0.29, 0.717) is 12.0 Å². The maximum Gasteiger partial charge on any atom is 0.191 e. The number of aliphatic imine (C=N–C) groups is 1. The number of benzene rings is 1. The highest BCUT2D eigenvalue weighted by Crippen LogP contribution is 2.31. The average molecular weight is 342 g/mol. The zero-order valence-electron chi connectivity index (χ0n) is 15.4. The minimum absolute atomic E-state index is 0.492. The van der Waals surface area contributed by atoms with Crippen molar-refractivity contribution in [2.75, 3.05) is 38.2 Å². The van der Waals surface area contributed by atoms with Gasteiger partial charge in [0.05, 0.1) is 12.8 Å². The highest BCUT2D eigenvalue weighted by molar-refractivity contribution is 5.80. The van der Waals surface area contributed by atoms with Crippen LogP contribution < -0.4 is 20.3 Å². The molecule has 3 rings (SSSR count). The quantitative estimate of drug-likeness (QED) is 0.474. The van der Waals surface area contributed by atoms with Crippen LogP contribution in [0.4, 0.5) is 5.69 Å². The Balaban J connectivity index is 1.55. The Bertz CT molecular complexity index is 605. The third kappa shape index (κ3) is 4.68. The van der Waals surface area contributed by atoms with Crippen LogP contribution in [-0.4, -0.2) is 45.3 Å². The Morgan fingerprint density at radius 2 is 2.08 bits per heavy atom. The molecular formula is C20H30N4O. The summed E-state index contributed by atoms with van der Waals surface area (Å²) in [5.41, 5.74) is 1.19. The van der Waals surface area contributed by atoms with Gasteiger partial charge in [0.15, 0.2) is 5.96 Å². The maximum atomic E-state index is 5.50. The molecule has 1 heterocycles. The van der Waals surface area contributed by atoms with E-state index in [1.54, 1.807) is 7.11 Å². The summed E-state index contributed by atoms with van der Waals surface area (Å²) in [5.74, 6) is 2.49. The summed E-state index contributed by atoms with van der Waals surface area (Å²) in [4.78, 5) is 7.26. The van der Waals surface area contributed by atoms with Crippen molar-refractivity contribution in [2.45, 2.75) is 32.2 Å². The molecule has 5 heteroatoms. The number of guanidine groups is 1. The fraction of sp³-hybridized carbons (Fsp3) is 0.550. The molecule has 25 heavy (non-hydrogen) atoms. The number of nitrogens with one attached hydrogen (secondary N) is 2. The molecule has 0 bridgehead atoms. The highest BCUT2D eigenvalue weighted by Gasteiger charge is 2.24. The van der Waals surface area contributed by atoms with Crippen LogP contribution in [0.5, 0.6) is 5.75 Å². The van der Waals surface area contributed by atoms with Crippen LogP contribution >= 0.6 is 0 Å². The molecule has 0 radical (unpaired) electrons. The average Bonchev–Trinajstić information content (AvgIpc) is 3.31. The molecule has 2 N–H and O–H groups in total. The van der Waals surface area contributed by atoms with Gasteiger partial charge in [-0.05, 0) is 44.2 Å². The van der Waals surface area contributed by atoms with Crippen LogP contribution in [-0.2, 0) is 0 Å². The van der Waals surface area contributed by atoms with Crippen molar-refractivity contribution in [3.8, 4) is 5.75 Å². The highest BCUT2D eigenvalue weighted by atomic mass is 16.5. The number of anilines is 1. The fourth-order valence-electron chi connectivity index (χ4n) is 3.56. The summed E-state index contributed by atoms with van der Waals surface area (Å²) in [6.07, 6.45) is 7.84. The number of hydrogen-bond donors (Lipinski definition) is 2. The summed E-state index contributed by atoms with van der Waals surface area (Å²) in [7, 11) is 1.74. The topological polar surface area (TPSA) is 48.9 Å². The van der Waals surface area contributed by atoms with Crippen molar-refractivity contribution in [3.63, 3.8) is 0 Å². The van der Waals surface area contributed by atoms with E-state index >= 15 is 0 Å². The van der Waals surface area contributed by atoms with Crippen molar-refractivity contribution < 1.29 is 4.74 Å². The molecule has 2 aliphatic rings. The van der Waals surface area contributed by atoms with E-state index in [1.165, 1.54) is 12.1 Å². The number of nitrogens with zero attached hydrogens (tertiary/aromatic N) is 2. The van der Waals surface area contributed by atoms with Gasteiger partial charge in [0, 0.05) is 32.2 Å². The van der Waals surface area contributed by atoms with Gasteiger partial charge in [-0.15, -0.1) is 0 Å². The molecule has 0 amide bonds. The molecule has 0 aromatic heterocycles. The first-order chi connectivity index (χ1) is 12.3. The molecule has 0 spiro atoms. The smallest absolute Gasteiger partial charge is 0.191 e. The van der Waals surface area contributed by atoms with Crippen LogP contribution in [0, 0.1) is 5.92 Å². The lowest BCUT2D eigenvalue weighted by molar-refractivity contribution is 0.414. The SMILES string of the molecule is CCNC(=NCC1CCN(c2ccccc2OC)C1)NC1CC=CC1. The lowest BCUT2D eigenvalue weighted by Gasteiger charge is -2.21. The van der Waals surface area contributed by atoms with E-state index in [1.807, 2.05) is 12.1 Å². The fourth-order valence-corrected chi connectivity index (χ4v) is 3.56. The second kappa shape index (κ2) is 8.79. The Hall–Kier alpha value is -2.17. The monoisotopic (exact) mass is 342 g/mol. The van der Waals surface area contributed by atoms with Crippen molar-refractivity contribution in [2.24, 2.45) is 10.9 Å². The standard InChI is InChI=1S/C20H30N4O/c1-3-21-20(23-17-8-4-5-9-17)22-14-16-12-13-24(15-16)18-10-6-7-11-19(18)25-2/h4-7,10-11,16-17H,3,8-9,12-15H2,1-2H3,(H2,21,22,23). The summed E-state index contributed by atoms with van der Waals surface area (Å²) >= 11 is 0. The number of para-hydroxylation sites is 2. The van der Waals surface area contributed by atoms with Crippen molar-refractivity contribution in [1.29, 1.82) is 0 Å². The van der Waals surface area contributed by atoms with Gasteiger partial charge < -0.3 is 20.3 Å². The second-order valence-electron chi connectivity index (χ2n) is 6.78. The third-order valence-corrected chi connectivity index (χ3v) is 4.91. The molecule has 1 aromatic rings. The van der Waals surface area contributed by atoms with Crippen LogP contribution in [0.25, 0.3) is 0 Å². The zero-order chi connectivity index (χ0) is 17.5. The lowest BCUT2D eigenvalue weighted by Crippen LogP contribution is -2.42. The summed E-state index contributed by atoms with van der Waals surface area (Å²) in [6.45, 7) is 5.97. The first kappa shape index (κ1) is 17.6. The molecule has 136 valence electrons. The molecule has 1 atom stereocenters. The number of ether oxygens (including phenoxy) is 1. The molecule has 1 aromatic carbocycles. The van der Waals surface area contributed by atoms with Gasteiger partial charge in [-0.2, -0.15) is 0 Å². The first-order valence-corrected chi connectivity index (χ1v) is 9.38. The Labute approximate surface area is 151 Å². The normalized spacial score (nSPS) is 21.0. The summed E-state index contributed by atoms with van der Waals surface area (Å²) < 4.78 is 5.50. The van der Waals surface area contributed by atoms with Crippen LogP contribution in [0.2, 0.25) is 0 Å². The van der Waals surface area contributed by atoms with Gasteiger partial charge in [-0.3, -0.25) is 4.99 Å². The van der Waals surface area contributed by atoms with E-state index < -0.39 is 0 Å². The minimum Gasteiger partial charge on any atom is -0.495 e. The third-order valence-electron chi connectivity index (χ3n) is 4.91. The van der Waals surface area contributed by atoms with Gasteiger partial charge in [-0.25, -0.2) is 0 Å². The van der Waals surface area contributed by atoms with E-state index in [4.69, 9.17) is 9.73 Å². The Morgan fingerprint density at radius 1 is 1.28 bits per heavy atom. The van der Waals surface area contributed by atoms with E-state index in [2.05, 4.69) is 46.7 Å². The van der Waals surface area contributed by atoms with E-state index in [-0.39, 0.29) is 0 Å². The largest absolute Gasteiger partial charge is 0.495 e. The van der Waals surface area contributed by atoms with E-state index in [0.717, 1.165) is 50.7 Å². The lowest BCUT2D eigenvalue weighted by atomic mass is 10.1. The molecule has 5 nitrogen and oxygen atoms in total. The maximum absolute atomic E-state index is 5.50. The van der Waals surface area contributed by atoms with Crippen LogP contribution in [0.1, 0.15) is 26.2 Å². The molecule has 1 unspecified atom stereocenters. The summed E-state index contributed by atoms with van der Waals surface area (Å²) in [5, 5.41) is 6.92. The number of hydrogen-bond acceptors (Lipinski definition) is 3. The van der Waals surface area contributed by atoms with Crippen molar-refractivity contribution >= 4 is 11.6 Å². The minimum atomic E-state index is 0.492. The van der Waals surface area contributed by atoms with Gasteiger partial charge >= 0.3 is 0 Å². The number of rotatable bonds is 6. The zero-order valence-corrected chi connectivity index (χ0v) is 15.4. The molecule has 1 aliphatic heterocycles. The van der Waals surface area contributed by atoms with Gasteiger partial charge in [0.25, 0.3) is 0 Å². The summed E-state index contributed by atoms with van der Waals surface area (Å²) in [6, 6.07) is 8.76. The van der Waals surface area contributed by atoms with Crippen molar-refractivity contribution in [1.82, 2.24) is 10.6 Å². The van der Waals surface area contributed by atoms with Gasteiger partial charge in [0.2, 0.25) is 0 Å². The molecular weight excluding hydrogens is 312 g/mol. The number of methoxy groups -OCH3 is 1. The van der Waals surface area contributed by atoms with Crippen molar-refractivity contribution in [3.05, 3.63) is 36.4 Å². The Kier molecular flexibility index (Phi) is 6.20. The predicted octanol–water partition coefficient (Wildman–Crippen LogP) is 2.80. The van der Waals surface area contributed by atoms with Gasteiger partial charge in [-0.1, -0.05) is 24.3 Å². The van der Waals surface area contributed by atoms with Crippen LogP contribution in [0.15, 0.2) is 41.4 Å². The second-order valence-corrected chi connectivity index (χ2v) is 6.78. The van der Waals surface area contributed by atoms with Crippen LogP contribution in [0.3, 0.4) is 0 Å². The molecule has 1 aliphatic carbocycles. The first-order valence-electron chi connectivity index (χ1n) is 9.38. The van der Waals surface area contributed by atoms with Gasteiger partial charge in [0.1, 0.15) is 5.75 Å².